The molecule has 0 fully saturated rings. The minimum Gasteiger partial charge on any atom is -0.321 e. The van der Waals surface area contributed by atoms with Gasteiger partial charge in [0.1, 0.15) is 0 Å². The van der Waals surface area contributed by atoms with E-state index in [1.165, 1.54) is 23.3 Å². The number of halogens is 1. The molecule has 2 nitrogen and oxygen atoms in total. The number of hydrogen-bond donors (Lipinski definition) is 1. The van der Waals surface area contributed by atoms with Crippen molar-refractivity contribution in [1.29, 1.82) is 0 Å². The number of rotatable bonds is 2. The Balaban J connectivity index is 1.82. The van der Waals surface area contributed by atoms with Crippen molar-refractivity contribution < 1.29 is 4.79 Å². The lowest BCUT2D eigenvalue weighted by Crippen LogP contribution is -2.11. The highest BCUT2D eigenvalue weighted by atomic mass is 35.5. The van der Waals surface area contributed by atoms with Crippen LogP contribution < -0.4 is 5.32 Å². The van der Waals surface area contributed by atoms with Crippen molar-refractivity contribution in [1.82, 2.24) is 0 Å². The van der Waals surface area contributed by atoms with Crippen molar-refractivity contribution in [2.45, 2.75) is 32.6 Å². The number of anilines is 1. The van der Waals surface area contributed by atoms with Crippen LogP contribution in [0.2, 0.25) is 5.02 Å². The molecule has 0 atom stereocenters. The van der Waals surface area contributed by atoms with E-state index >= 15 is 0 Å². The number of thiophene rings is 1. The van der Waals surface area contributed by atoms with Crippen LogP contribution in [0.4, 0.5) is 5.69 Å². The van der Waals surface area contributed by atoms with Gasteiger partial charge in [0.2, 0.25) is 0 Å². The molecule has 3 rings (SSSR count). The normalized spacial score (nSPS) is 13.9. The third-order valence-corrected chi connectivity index (χ3v) is 5.14. The molecule has 1 amide bonds. The summed E-state index contributed by atoms with van der Waals surface area (Å²) in [4.78, 5) is 14.5. The zero-order valence-electron chi connectivity index (χ0n) is 11.3. The largest absolute Gasteiger partial charge is 0.321 e. The second kappa shape index (κ2) is 5.58. The quantitative estimate of drug-likeness (QED) is 0.845. The average molecular weight is 306 g/mol. The van der Waals surface area contributed by atoms with Crippen LogP contribution in [0.5, 0.6) is 0 Å². The van der Waals surface area contributed by atoms with Gasteiger partial charge in [-0.15, -0.1) is 11.3 Å². The molecule has 4 heteroatoms. The number of carbonyl (C=O) groups excluding carboxylic acids is 1. The summed E-state index contributed by atoms with van der Waals surface area (Å²) in [7, 11) is 0. The molecule has 104 valence electrons. The van der Waals surface area contributed by atoms with Crippen LogP contribution in [0.15, 0.2) is 24.3 Å². The maximum absolute atomic E-state index is 12.4. The molecule has 1 N–H and O–H groups in total. The van der Waals surface area contributed by atoms with Crippen molar-refractivity contribution in [3.05, 3.63) is 50.2 Å². The summed E-state index contributed by atoms with van der Waals surface area (Å²) in [5, 5.41) is 3.60. The monoisotopic (exact) mass is 305 g/mol. The number of hydrogen-bond acceptors (Lipinski definition) is 2. The van der Waals surface area contributed by atoms with Crippen LogP contribution in [0, 0.1) is 6.92 Å². The smallest absolute Gasteiger partial charge is 0.265 e. The number of carbonyl (C=O) groups is 1. The number of fused-ring (bicyclic) bond motifs is 1. The van der Waals surface area contributed by atoms with Gasteiger partial charge in [0.05, 0.1) is 4.88 Å². The second-order valence-electron chi connectivity index (χ2n) is 5.18. The van der Waals surface area contributed by atoms with Crippen molar-refractivity contribution >= 4 is 34.5 Å². The van der Waals surface area contributed by atoms with E-state index in [1.54, 1.807) is 17.4 Å². The Kier molecular flexibility index (Phi) is 3.81. The lowest BCUT2D eigenvalue weighted by atomic mass is 9.99. The molecule has 0 unspecified atom stereocenters. The standard InChI is InChI=1S/C16H16ClNOS/c1-10-6-7-12(17)9-13(10)18-16(19)15-8-11-4-2-3-5-14(11)20-15/h6-9H,2-5H2,1H3,(H,18,19). The van der Waals surface area contributed by atoms with Gasteiger partial charge in [-0.1, -0.05) is 17.7 Å². The first-order chi connectivity index (χ1) is 9.63. The maximum Gasteiger partial charge on any atom is 0.265 e. The fourth-order valence-electron chi connectivity index (χ4n) is 2.52. The van der Waals surface area contributed by atoms with E-state index in [0.29, 0.717) is 5.02 Å². The summed E-state index contributed by atoms with van der Waals surface area (Å²) in [6.07, 6.45) is 4.69. The van der Waals surface area contributed by atoms with E-state index in [1.807, 2.05) is 25.1 Å². The molecule has 0 saturated heterocycles. The highest BCUT2D eigenvalue weighted by molar-refractivity contribution is 7.14. The molecule has 1 aliphatic carbocycles. The van der Waals surface area contributed by atoms with E-state index in [9.17, 15) is 4.79 Å². The van der Waals surface area contributed by atoms with E-state index in [4.69, 9.17) is 11.6 Å². The number of aryl methyl sites for hydroxylation is 3. The Labute approximate surface area is 127 Å². The molecular weight excluding hydrogens is 290 g/mol. The summed E-state index contributed by atoms with van der Waals surface area (Å²) < 4.78 is 0. The van der Waals surface area contributed by atoms with Crippen molar-refractivity contribution in [2.24, 2.45) is 0 Å². The first-order valence-electron chi connectivity index (χ1n) is 6.82. The van der Waals surface area contributed by atoms with E-state index in [-0.39, 0.29) is 5.91 Å². The zero-order valence-corrected chi connectivity index (χ0v) is 12.9. The maximum atomic E-state index is 12.4. The SMILES string of the molecule is Cc1ccc(Cl)cc1NC(=O)c1cc2c(s1)CCCC2. The summed E-state index contributed by atoms with van der Waals surface area (Å²) in [5.41, 5.74) is 3.16. The van der Waals surface area contributed by atoms with E-state index in [0.717, 1.165) is 29.0 Å². The Morgan fingerprint density at radius 1 is 1.25 bits per heavy atom. The Hall–Kier alpha value is -1.32. The predicted molar refractivity (Wildman–Crippen MR) is 85.1 cm³/mol. The van der Waals surface area contributed by atoms with Gasteiger partial charge >= 0.3 is 0 Å². The van der Waals surface area contributed by atoms with Crippen LogP contribution >= 0.6 is 22.9 Å². The highest BCUT2D eigenvalue weighted by Gasteiger charge is 2.17. The summed E-state index contributed by atoms with van der Waals surface area (Å²) >= 11 is 7.61. The summed E-state index contributed by atoms with van der Waals surface area (Å²) in [6.45, 7) is 1.96. The fraction of sp³-hybridized carbons (Fsp3) is 0.312. The van der Waals surface area contributed by atoms with E-state index < -0.39 is 0 Å². The lowest BCUT2D eigenvalue weighted by Gasteiger charge is -2.08. The molecular formula is C16H16ClNOS. The molecule has 0 saturated carbocycles. The molecule has 0 radical (unpaired) electrons. The number of amides is 1. The molecule has 0 aliphatic heterocycles. The van der Waals surface area contributed by atoms with Gasteiger partial charge in [-0.3, -0.25) is 4.79 Å². The molecule has 0 spiro atoms. The molecule has 1 aromatic heterocycles. The van der Waals surface area contributed by atoms with Gasteiger partial charge < -0.3 is 5.32 Å². The van der Waals surface area contributed by atoms with Crippen molar-refractivity contribution in [3.63, 3.8) is 0 Å². The van der Waals surface area contributed by atoms with Crippen molar-refractivity contribution in [2.75, 3.05) is 5.32 Å². The average Bonchev–Trinajstić information content (AvgIpc) is 2.87. The van der Waals surface area contributed by atoms with Crippen LogP contribution in [0.3, 0.4) is 0 Å². The van der Waals surface area contributed by atoms with Gasteiger partial charge in [-0.05, 0) is 61.9 Å². The van der Waals surface area contributed by atoms with Crippen molar-refractivity contribution in [3.8, 4) is 0 Å². The first kappa shape index (κ1) is 13.7. The molecule has 0 bridgehead atoms. The first-order valence-corrected chi connectivity index (χ1v) is 8.02. The topological polar surface area (TPSA) is 29.1 Å². The Morgan fingerprint density at radius 2 is 2.05 bits per heavy atom. The van der Waals surface area contributed by atoms with Gasteiger partial charge in [0, 0.05) is 15.6 Å². The summed E-state index contributed by atoms with van der Waals surface area (Å²) in [5.74, 6) is -0.0326. The second-order valence-corrected chi connectivity index (χ2v) is 6.75. The van der Waals surface area contributed by atoms with Gasteiger partial charge in [0.25, 0.3) is 5.91 Å². The number of nitrogens with one attached hydrogen (secondary N) is 1. The van der Waals surface area contributed by atoms with Crippen LogP contribution in [-0.4, -0.2) is 5.91 Å². The zero-order chi connectivity index (χ0) is 14.1. The van der Waals surface area contributed by atoms with Crippen LogP contribution in [0.25, 0.3) is 0 Å². The van der Waals surface area contributed by atoms with E-state index in [2.05, 4.69) is 5.32 Å². The highest BCUT2D eigenvalue weighted by Crippen LogP contribution is 2.30. The van der Waals surface area contributed by atoms with Gasteiger partial charge in [-0.2, -0.15) is 0 Å². The molecule has 1 heterocycles. The molecule has 20 heavy (non-hydrogen) atoms. The van der Waals surface area contributed by atoms with Crippen LogP contribution in [0.1, 0.15) is 38.5 Å². The number of benzene rings is 1. The van der Waals surface area contributed by atoms with Crippen LogP contribution in [-0.2, 0) is 12.8 Å². The molecule has 1 aliphatic rings. The summed E-state index contributed by atoms with van der Waals surface area (Å²) in [6, 6.07) is 7.59. The lowest BCUT2D eigenvalue weighted by molar-refractivity contribution is 0.103. The Morgan fingerprint density at radius 3 is 2.85 bits per heavy atom. The third kappa shape index (κ3) is 2.74. The Bertz CT molecular complexity index is 639. The predicted octanol–water partition coefficient (Wildman–Crippen LogP) is 4.84. The minimum absolute atomic E-state index is 0.0326. The molecule has 2 aromatic rings. The third-order valence-electron chi connectivity index (χ3n) is 3.67. The minimum atomic E-state index is -0.0326. The van der Waals surface area contributed by atoms with Gasteiger partial charge in [-0.25, -0.2) is 0 Å². The fourth-order valence-corrected chi connectivity index (χ4v) is 3.84. The molecule has 1 aromatic carbocycles. The van der Waals surface area contributed by atoms with Gasteiger partial charge in [0.15, 0.2) is 0 Å².